The molecule has 3 N–H and O–H groups in total. The number of para-hydroxylation sites is 2. The lowest BCUT2D eigenvalue weighted by molar-refractivity contribution is -0.134. The molecular weight excluding hydrogens is 359 g/mol. The molecule has 2 fully saturated rings. The van der Waals surface area contributed by atoms with Crippen molar-refractivity contribution in [2.45, 2.75) is 38.6 Å². The van der Waals surface area contributed by atoms with Gasteiger partial charge in [-0.05, 0) is 44.4 Å². The molecule has 4 rings (SSSR count). The number of amides is 1. The van der Waals surface area contributed by atoms with Crippen molar-refractivity contribution in [1.29, 1.82) is 0 Å². The smallest absolute Gasteiger partial charge is 0.228 e. The van der Waals surface area contributed by atoms with Crippen LogP contribution in [0.5, 0.6) is 0 Å². The number of aromatic amines is 1. The van der Waals surface area contributed by atoms with Crippen molar-refractivity contribution in [3.63, 3.8) is 0 Å². The fourth-order valence-corrected chi connectivity index (χ4v) is 4.28. The van der Waals surface area contributed by atoms with Crippen LogP contribution in [-0.2, 0) is 4.79 Å². The van der Waals surface area contributed by atoms with Gasteiger partial charge in [0.05, 0.1) is 22.5 Å². The number of hydrogen-bond acceptors (Lipinski definition) is 3. The van der Waals surface area contributed by atoms with E-state index in [-0.39, 0.29) is 42.2 Å². The number of fused-ring (bicyclic) bond motifs is 2. The monoisotopic (exact) mass is 384 g/mol. The van der Waals surface area contributed by atoms with E-state index < -0.39 is 0 Å². The maximum atomic E-state index is 13.0. The highest BCUT2D eigenvalue weighted by atomic mass is 35.5. The third-order valence-corrected chi connectivity index (χ3v) is 5.66. The lowest BCUT2D eigenvalue weighted by atomic mass is 9.67. The number of rotatable bonds is 3. The van der Waals surface area contributed by atoms with E-state index in [0.29, 0.717) is 5.92 Å². The minimum absolute atomic E-state index is 0. The van der Waals surface area contributed by atoms with E-state index in [1.165, 1.54) is 12.8 Å². The number of halogens is 2. The standard InChI is InChI=1S/C18H24N4O.2ClH/c1-12(16-21-14-7-2-3-8-15(14)22-16)20-17(23)18-9-5-4-6-13(18)10-19-11-18;;/h2-3,7-8,12-13,19H,4-6,9-11H2,1H3,(H,20,23)(H,21,22);2*1H/t12?,13-,18+;;/m0../s1. The van der Waals surface area contributed by atoms with Gasteiger partial charge in [0.2, 0.25) is 5.91 Å². The fraction of sp³-hybridized carbons (Fsp3) is 0.556. The quantitative estimate of drug-likeness (QED) is 0.759. The Hall–Kier alpha value is -1.30. The van der Waals surface area contributed by atoms with Crippen molar-refractivity contribution in [2.75, 3.05) is 13.1 Å². The molecular formula is C18H26Cl2N4O. The van der Waals surface area contributed by atoms with E-state index in [4.69, 9.17) is 0 Å². The highest BCUT2D eigenvalue weighted by Crippen LogP contribution is 2.44. The summed E-state index contributed by atoms with van der Waals surface area (Å²) in [5.74, 6) is 1.51. The number of benzene rings is 1. The molecule has 1 saturated carbocycles. The average Bonchev–Trinajstić information content (AvgIpc) is 3.19. The number of aromatic nitrogens is 2. The van der Waals surface area contributed by atoms with E-state index in [0.717, 1.165) is 42.8 Å². The maximum Gasteiger partial charge on any atom is 0.228 e. The lowest BCUT2D eigenvalue weighted by Gasteiger charge is -2.37. The van der Waals surface area contributed by atoms with Gasteiger partial charge in [-0.2, -0.15) is 0 Å². The maximum absolute atomic E-state index is 13.0. The molecule has 138 valence electrons. The molecule has 25 heavy (non-hydrogen) atoms. The molecule has 1 amide bonds. The van der Waals surface area contributed by atoms with Crippen LogP contribution in [0.1, 0.15) is 44.5 Å². The minimum Gasteiger partial charge on any atom is -0.346 e. The van der Waals surface area contributed by atoms with Gasteiger partial charge in [0.15, 0.2) is 0 Å². The van der Waals surface area contributed by atoms with Gasteiger partial charge in [-0.3, -0.25) is 4.79 Å². The second kappa shape index (κ2) is 7.94. The van der Waals surface area contributed by atoms with Crippen LogP contribution in [0.15, 0.2) is 24.3 Å². The first-order valence-electron chi connectivity index (χ1n) is 8.65. The number of carbonyl (C=O) groups is 1. The molecule has 1 aliphatic carbocycles. The van der Waals surface area contributed by atoms with Gasteiger partial charge in [0.1, 0.15) is 5.82 Å². The molecule has 3 atom stereocenters. The predicted octanol–water partition coefficient (Wildman–Crippen LogP) is 3.36. The Balaban J connectivity index is 0.00000113. The van der Waals surface area contributed by atoms with E-state index in [2.05, 4.69) is 20.6 Å². The first-order valence-corrected chi connectivity index (χ1v) is 8.65. The van der Waals surface area contributed by atoms with Gasteiger partial charge < -0.3 is 15.6 Å². The van der Waals surface area contributed by atoms with Crippen LogP contribution in [0.4, 0.5) is 0 Å². The molecule has 0 spiro atoms. The zero-order valence-corrected chi connectivity index (χ0v) is 16.0. The first-order chi connectivity index (χ1) is 11.2. The molecule has 1 unspecified atom stereocenters. The largest absolute Gasteiger partial charge is 0.346 e. The van der Waals surface area contributed by atoms with Crippen LogP contribution < -0.4 is 10.6 Å². The molecule has 1 aromatic carbocycles. The summed E-state index contributed by atoms with van der Waals surface area (Å²) in [5.41, 5.74) is 1.75. The summed E-state index contributed by atoms with van der Waals surface area (Å²) in [7, 11) is 0. The van der Waals surface area contributed by atoms with Crippen molar-refractivity contribution in [1.82, 2.24) is 20.6 Å². The number of hydrogen-bond donors (Lipinski definition) is 3. The van der Waals surface area contributed by atoms with Crippen molar-refractivity contribution < 1.29 is 4.79 Å². The number of nitrogens with one attached hydrogen (secondary N) is 3. The third kappa shape index (κ3) is 3.50. The Morgan fingerprint density at radius 2 is 2.12 bits per heavy atom. The summed E-state index contributed by atoms with van der Waals surface area (Å²) in [6.45, 7) is 3.80. The second-order valence-electron chi connectivity index (χ2n) is 7.06. The van der Waals surface area contributed by atoms with Crippen LogP contribution in [0.2, 0.25) is 0 Å². The van der Waals surface area contributed by atoms with Gasteiger partial charge >= 0.3 is 0 Å². The van der Waals surface area contributed by atoms with Crippen LogP contribution in [0, 0.1) is 11.3 Å². The van der Waals surface area contributed by atoms with Crippen molar-refractivity contribution in [2.24, 2.45) is 11.3 Å². The van der Waals surface area contributed by atoms with Gasteiger partial charge in [-0.25, -0.2) is 4.98 Å². The molecule has 0 bridgehead atoms. The minimum atomic E-state index is -0.210. The van der Waals surface area contributed by atoms with Crippen molar-refractivity contribution in [3.05, 3.63) is 30.1 Å². The second-order valence-corrected chi connectivity index (χ2v) is 7.06. The number of nitrogens with zero attached hydrogens (tertiary/aromatic N) is 1. The molecule has 5 nitrogen and oxygen atoms in total. The van der Waals surface area contributed by atoms with Gasteiger partial charge in [-0.15, -0.1) is 24.8 Å². The summed E-state index contributed by atoms with van der Waals surface area (Å²) >= 11 is 0. The Morgan fingerprint density at radius 3 is 2.92 bits per heavy atom. The van der Waals surface area contributed by atoms with E-state index in [1.807, 2.05) is 31.2 Å². The van der Waals surface area contributed by atoms with Crippen LogP contribution in [0.25, 0.3) is 11.0 Å². The summed E-state index contributed by atoms with van der Waals surface area (Å²) in [4.78, 5) is 20.9. The Morgan fingerprint density at radius 1 is 1.32 bits per heavy atom. The normalized spacial score (nSPS) is 26.2. The zero-order valence-electron chi connectivity index (χ0n) is 14.4. The molecule has 0 radical (unpaired) electrons. The van der Waals surface area contributed by atoms with E-state index >= 15 is 0 Å². The Bertz CT molecular complexity index is 702. The molecule has 1 aromatic heterocycles. The first kappa shape index (κ1) is 20.0. The molecule has 2 heterocycles. The fourth-order valence-electron chi connectivity index (χ4n) is 4.28. The van der Waals surface area contributed by atoms with E-state index in [9.17, 15) is 4.79 Å². The summed E-state index contributed by atoms with van der Waals surface area (Å²) < 4.78 is 0. The third-order valence-electron chi connectivity index (χ3n) is 5.66. The average molecular weight is 385 g/mol. The number of imidazole rings is 1. The molecule has 1 aliphatic heterocycles. The topological polar surface area (TPSA) is 69.8 Å². The van der Waals surface area contributed by atoms with Gasteiger partial charge in [0, 0.05) is 6.54 Å². The van der Waals surface area contributed by atoms with Gasteiger partial charge in [0.25, 0.3) is 0 Å². The highest BCUT2D eigenvalue weighted by Gasteiger charge is 2.50. The summed E-state index contributed by atoms with van der Waals surface area (Å²) in [5, 5.41) is 6.65. The van der Waals surface area contributed by atoms with Crippen LogP contribution in [0.3, 0.4) is 0 Å². The number of carbonyl (C=O) groups excluding carboxylic acids is 1. The van der Waals surface area contributed by atoms with Crippen molar-refractivity contribution in [3.8, 4) is 0 Å². The molecule has 7 heteroatoms. The highest BCUT2D eigenvalue weighted by molar-refractivity contribution is 5.86. The Kier molecular flexibility index (Phi) is 6.35. The summed E-state index contributed by atoms with van der Waals surface area (Å²) in [6, 6.07) is 7.86. The van der Waals surface area contributed by atoms with Crippen molar-refractivity contribution >= 4 is 41.8 Å². The number of H-pyrrole nitrogens is 1. The molecule has 2 aromatic rings. The summed E-state index contributed by atoms with van der Waals surface area (Å²) in [6.07, 6.45) is 4.58. The molecule has 2 aliphatic rings. The zero-order chi connectivity index (χ0) is 15.9. The molecule has 1 saturated heterocycles. The SMILES string of the molecule is CC(NC(=O)[C@@]12CCCC[C@H]1CNC2)c1nc2ccccc2[nH]1.Cl.Cl. The van der Waals surface area contributed by atoms with E-state index in [1.54, 1.807) is 0 Å². The predicted molar refractivity (Wildman–Crippen MR) is 104 cm³/mol. The lowest BCUT2D eigenvalue weighted by Crippen LogP contribution is -2.48. The van der Waals surface area contributed by atoms with Gasteiger partial charge in [-0.1, -0.05) is 25.0 Å². The van der Waals surface area contributed by atoms with Crippen LogP contribution >= 0.6 is 24.8 Å². The Labute approximate surface area is 160 Å². The van der Waals surface area contributed by atoms with Crippen LogP contribution in [-0.4, -0.2) is 29.0 Å².